The summed E-state index contributed by atoms with van der Waals surface area (Å²) in [7, 11) is 0. The molecular weight excluding hydrogens is 1430 g/mol. The van der Waals surface area contributed by atoms with Crippen LogP contribution in [0.1, 0.15) is 245 Å². The minimum atomic E-state index is -0.733. The quantitative estimate of drug-likeness (QED) is 0.0359. The summed E-state index contributed by atoms with van der Waals surface area (Å²) in [5, 5.41) is 139. The summed E-state index contributed by atoms with van der Waals surface area (Å²) in [5.74, 6) is -0.0527. The molecule has 12 N–H and O–H groups in total. The topological polar surface area (TPSA) is 243 Å². The first-order valence-electron chi connectivity index (χ1n) is 40.3. The highest BCUT2D eigenvalue weighted by Gasteiger charge is 2.50. The van der Waals surface area contributed by atoms with Crippen LogP contribution in [-0.2, 0) is 10.8 Å². The lowest BCUT2D eigenvalue weighted by Crippen LogP contribution is -2.43. The number of phenolic OH excluding ortho intramolecular Hbond substituents is 12. The Morgan fingerprint density at radius 2 is 0.383 bits per heavy atom. The predicted octanol–water partition coefficient (Wildman–Crippen LogP) is 23.3. The molecule has 2 aliphatic rings. The van der Waals surface area contributed by atoms with E-state index in [0.29, 0.717) is 115 Å². The van der Waals surface area contributed by atoms with Crippen LogP contribution in [0.2, 0.25) is 0 Å². The van der Waals surface area contributed by atoms with Gasteiger partial charge in [-0.3, -0.25) is 0 Å². The summed E-state index contributed by atoms with van der Waals surface area (Å²) in [5.41, 5.74) is 19.8. The Morgan fingerprint density at radius 1 is 0.226 bits per heavy atom. The molecule has 0 unspecified atom stereocenters. The Kier molecular flexibility index (Phi) is 21.4. The zero-order valence-corrected chi connectivity index (χ0v) is 68.5. The molecule has 0 spiro atoms. The molecule has 0 bridgehead atoms. The van der Waals surface area contributed by atoms with Gasteiger partial charge in [-0.1, -0.05) is 159 Å². The smallest absolute Gasteiger partial charge is 0.122 e. The van der Waals surface area contributed by atoms with Crippen molar-refractivity contribution in [3.63, 3.8) is 0 Å². The fraction of sp³-hybridized carbons (Fsp3) is 0.301. The highest BCUT2D eigenvalue weighted by molar-refractivity contribution is 5.65. The van der Waals surface area contributed by atoms with E-state index in [-0.39, 0.29) is 86.2 Å². The van der Waals surface area contributed by atoms with Crippen molar-refractivity contribution in [1.29, 1.82) is 0 Å². The van der Waals surface area contributed by atoms with Gasteiger partial charge in [0.25, 0.3) is 0 Å². The van der Waals surface area contributed by atoms with E-state index in [4.69, 9.17) is 0 Å². The van der Waals surface area contributed by atoms with Crippen molar-refractivity contribution < 1.29 is 61.3 Å². The standard InChI is InChI=1S/C103H108O12/c1-55-39-67(15-23-85(55)104)93(68-16-24-86(105)56(2)40-68)81-51-77(47-63(9)97(81)112)102(78-48-64(10)98(113)82(52-78)94(69-17-25-87(106)57(3)41-69)70-18-26-88(107)58(4)42-70)35-31-75(32-36-102)101(13,14)76-33-37-103(38-34-76,79-49-65(11)99(114)83(53-79)95(71-19-27-89(108)59(5)43-71)72-20-28-90(109)60(6)44-72)80-50-66(12)100(115)84(54-80)96(73-21-29-91(110)61(7)45-73)74-22-30-92(111)62(8)46-74/h15-30,39-54,75-76,93-96,104-115H,31-38H2,1-14H3. The second kappa shape index (κ2) is 30.9. The number of hydrogen-bond donors (Lipinski definition) is 12. The van der Waals surface area contributed by atoms with Gasteiger partial charge >= 0.3 is 0 Å². The largest absolute Gasteiger partial charge is 0.508 e. The van der Waals surface area contributed by atoms with Crippen LogP contribution in [0.15, 0.2) is 194 Å². The van der Waals surface area contributed by atoms with Gasteiger partial charge in [-0.25, -0.2) is 0 Å². The molecule has 0 saturated heterocycles. The van der Waals surface area contributed by atoms with Gasteiger partial charge < -0.3 is 61.3 Å². The Hall–Kier alpha value is -11.8. The van der Waals surface area contributed by atoms with Crippen molar-refractivity contribution in [2.24, 2.45) is 17.3 Å². The van der Waals surface area contributed by atoms with Gasteiger partial charge in [0.2, 0.25) is 0 Å². The minimum Gasteiger partial charge on any atom is -0.508 e. The maximum atomic E-state index is 12.8. The molecule has 2 aliphatic carbocycles. The van der Waals surface area contributed by atoms with Gasteiger partial charge in [-0.2, -0.15) is 0 Å². The SMILES string of the molecule is Cc1cc(C(c2ccc(O)c(C)c2)c2cc(C3(c4cc(C)c(O)c(C(c5ccc(O)c(C)c5)c5ccc(O)c(C)c5)c4)CCC(C(C)(C)C4CCC(c5cc(C)c(O)c(C(c6ccc(O)c(C)c6)c6ccc(O)c(C)c6)c5)(c5cc(C)c(O)c(C(c6ccc(O)c(C)c6)c6ccc(O)c(C)c6)c5)CC4)CC3)cc(C)c2O)ccc1O. The summed E-state index contributed by atoms with van der Waals surface area (Å²) in [6.07, 6.45) is 5.96. The highest BCUT2D eigenvalue weighted by Crippen LogP contribution is 2.61. The van der Waals surface area contributed by atoms with Crippen LogP contribution in [0.4, 0.5) is 0 Å². The van der Waals surface area contributed by atoms with Gasteiger partial charge in [0, 0.05) is 56.8 Å². The summed E-state index contributed by atoms with van der Waals surface area (Å²) >= 11 is 0. The van der Waals surface area contributed by atoms with Crippen LogP contribution >= 0.6 is 0 Å². The van der Waals surface area contributed by atoms with Crippen molar-refractivity contribution in [2.75, 3.05) is 0 Å². The zero-order chi connectivity index (χ0) is 82.3. The first-order chi connectivity index (χ1) is 54.6. The molecule has 0 radical (unpaired) electrons. The van der Waals surface area contributed by atoms with Crippen molar-refractivity contribution in [3.8, 4) is 69.0 Å². The van der Waals surface area contributed by atoms with Crippen LogP contribution in [0, 0.1) is 100 Å². The van der Waals surface area contributed by atoms with E-state index in [0.717, 1.165) is 92.4 Å². The average molecular weight is 1540 g/mol. The third kappa shape index (κ3) is 14.7. The molecule has 115 heavy (non-hydrogen) atoms. The van der Waals surface area contributed by atoms with E-state index < -0.39 is 34.5 Å². The van der Waals surface area contributed by atoms with Gasteiger partial charge in [-0.15, -0.1) is 0 Å². The lowest BCUT2D eigenvalue weighted by molar-refractivity contribution is 0.0364. The molecule has 0 amide bonds. The van der Waals surface area contributed by atoms with Gasteiger partial charge in [0.05, 0.1) is 0 Å². The van der Waals surface area contributed by atoms with Gasteiger partial charge in [-0.05, 0) is 334 Å². The molecule has 0 atom stereocenters. The van der Waals surface area contributed by atoms with E-state index >= 15 is 0 Å². The van der Waals surface area contributed by atoms with E-state index in [1.807, 2.05) is 180 Å². The van der Waals surface area contributed by atoms with E-state index in [1.165, 1.54) is 0 Å². The van der Waals surface area contributed by atoms with E-state index in [9.17, 15) is 61.3 Å². The molecular formula is C103H108O12. The second-order valence-electron chi connectivity index (χ2n) is 34.6. The van der Waals surface area contributed by atoms with Crippen molar-refractivity contribution in [1.82, 2.24) is 0 Å². The van der Waals surface area contributed by atoms with Gasteiger partial charge in [0.1, 0.15) is 69.0 Å². The van der Waals surface area contributed by atoms with Crippen molar-refractivity contribution in [2.45, 2.75) is 183 Å². The predicted molar refractivity (Wildman–Crippen MR) is 457 cm³/mol. The molecule has 0 aromatic heterocycles. The maximum Gasteiger partial charge on any atom is 0.122 e. The number of phenols is 12. The zero-order valence-electron chi connectivity index (χ0n) is 68.5. The van der Waals surface area contributed by atoms with Crippen LogP contribution in [0.5, 0.6) is 69.0 Å². The number of benzene rings is 12. The van der Waals surface area contributed by atoms with E-state index in [1.54, 1.807) is 48.5 Å². The summed E-state index contributed by atoms with van der Waals surface area (Å²) in [4.78, 5) is 0. The third-order valence-corrected chi connectivity index (χ3v) is 27.0. The van der Waals surface area contributed by atoms with E-state index in [2.05, 4.69) is 62.4 Å². The molecule has 12 aromatic carbocycles. The maximum absolute atomic E-state index is 12.8. The molecule has 592 valence electrons. The molecule has 0 aliphatic heterocycles. The molecule has 0 heterocycles. The fourth-order valence-electron chi connectivity index (χ4n) is 19.8. The normalized spacial score (nSPS) is 14.7. The van der Waals surface area contributed by atoms with Crippen LogP contribution < -0.4 is 0 Å². The third-order valence-electron chi connectivity index (χ3n) is 27.0. The lowest BCUT2D eigenvalue weighted by atomic mass is 9.52. The molecule has 12 nitrogen and oxygen atoms in total. The molecule has 2 saturated carbocycles. The van der Waals surface area contributed by atoms with Crippen molar-refractivity contribution >= 4 is 0 Å². The Morgan fingerprint density at radius 3 is 0.530 bits per heavy atom. The summed E-state index contributed by atoms with van der Waals surface area (Å²) < 4.78 is 0. The minimum absolute atomic E-state index is 0.133. The molecule has 12 aromatic rings. The first kappa shape index (κ1) is 79.9. The first-order valence-corrected chi connectivity index (χ1v) is 40.3. The summed E-state index contributed by atoms with van der Waals surface area (Å²) in [6, 6.07) is 61.8. The monoisotopic (exact) mass is 1540 g/mol. The Bertz CT molecular complexity index is 4900. The average Bonchev–Trinajstić information content (AvgIpc) is 0.725. The van der Waals surface area contributed by atoms with Crippen molar-refractivity contribution in [3.05, 3.63) is 350 Å². The summed E-state index contributed by atoms with van der Waals surface area (Å²) in [6.45, 7) is 27.7. The molecule has 2 fully saturated rings. The Balaban J connectivity index is 0.914. The molecule has 12 heteroatoms. The van der Waals surface area contributed by atoms with Crippen LogP contribution in [0.3, 0.4) is 0 Å². The number of hydrogen-bond acceptors (Lipinski definition) is 12. The van der Waals surface area contributed by atoms with Crippen LogP contribution in [-0.4, -0.2) is 61.3 Å². The highest BCUT2D eigenvalue weighted by atomic mass is 16.3. The number of aromatic hydroxyl groups is 12. The number of aryl methyl sites for hydroxylation is 12. The van der Waals surface area contributed by atoms with Gasteiger partial charge in [0.15, 0.2) is 0 Å². The lowest BCUT2D eigenvalue weighted by Gasteiger charge is -2.52. The Labute approximate surface area is 676 Å². The second-order valence-corrected chi connectivity index (χ2v) is 34.6. The molecule has 14 rings (SSSR count). The fourth-order valence-corrected chi connectivity index (χ4v) is 19.8. The number of rotatable bonds is 18. The van der Waals surface area contributed by atoms with Crippen LogP contribution in [0.25, 0.3) is 0 Å².